The highest BCUT2D eigenvalue weighted by atomic mass is 16.4. The number of rotatable bonds is 33. The van der Waals surface area contributed by atoms with Gasteiger partial charge in [-0.25, -0.2) is 4.79 Å². The van der Waals surface area contributed by atoms with Crippen LogP contribution >= 0.6 is 0 Å². The van der Waals surface area contributed by atoms with Crippen LogP contribution in [0.2, 0.25) is 0 Å². The van der Waals surface area contributed by atoms with E-state index >= 15 is 0 Å². The highest BCUT2D eigenvalue weighted by Gasteiger charge is 2.44. The van der Waals surface area contributed by atoms with E-state index in [9.17, 15) is 63.3 Å². The van der Waals surface area contributed by atoms with Gasteiger partial charge in [-0.3, -0.25) is 48.6 Å². The first kappa shape index (κ1) is 69.3. The van der Waals surface area contributed by atoms with E-state index in [4.69, 9.17) is 16.9 Å². The van der Waals surface area contributed by atoms with Gasteiger partial charge >= 0.3 is 5.97 Å². The molecule has 1 aromatic rings. The van der Waals surface area contributed by atoms with E-state index in [-0.39, 0.29) is 68.9 Å². The molecule has 2 aliphatic rings. The predicted molar refractivity (Wildman–Crippen MR) is 304 cm³/mol. The molecule has 2 saturated heterocycles. The number of guanidine groups is 1. The van der Waals surface area contributed by atoms with Gasteiger partial charge in [0.05, 0.1) is 18.8 Å². The SMILES string of the molecule is CC[C@H](C)[C@H](N)C(=O)N1CCC[C@H]1C(=O)N[C@H](C(=O)N1CCC[C@H]1C(=O)N[C@H](C(=O)N[C@@H](CC(C)C)C(=O)N[C@H](C(=O)N[C@@H](Cc1ccccc1)C(=O)N[C@@H](CCCNC(=N)N)C(=O)N[C@@H](CO)C(=O)O)[C@@H](C)CC)[C@@H](C)CC)[C@@H](C)O. The molecule has 0 spiro atoms. The number of benzene rings is 1. The van der Waals surface area contributed by atoms with E-state index in [2.05, 4.69) is 42.5 Å². The predicted octanol–water partition coefficient (Wildman–Crippen LogP) is -1.16. The molecule has 460 valence electrons. The van der Waals surface area contributed by atoms with Crippen LogP contribution in [0.3, 0.4) is 0 Å². The van der Waals surface area contributed by atoms with Gasteiger partial charge in [-0.2, -0.15) is 0 Å². The molecule has 0 unspecified atom stereocenters. The normalized spacial score (nSPS) is 19.5. The van der Waals surface area contributed by atoms with Crippen molar-refractivity contribution in [3.05, 3.63) is 35.9 Å². The number of carboxylic acids is 1. The summed E-state index contributed by atoms with van der Waals surface area (Å²) in [5.74, 6) is -9.67. The monoisotopic (exact) mass is 1160 g/mol. The van der Waals surface area contributed by atoms with E-state index in [1.807, 2.05) is 34.6 Å². The average molecular weight is 1160 g/mol. The number of aliphatic hydroxyl groups excluding tert-OH is 2. The van der Waals surface area contributed by atoms with E-state index in [1.165, 1.54) is 16.7 Å². The van der Waals surface area contributed by atoms with Gasteiger partial charge in [0, 0.05) is 26.1 Å². The number of carbonyl (C=O) groups is 10. The first-order valence-electron chi connectivity index (χ1n) is 28.8. The summed E-state index contributed by atoms with van der Waals surface area (Å²) in [6.07, 6.45) is 1.54. The van der Waals surface area contributed by atoms with E-state index in [0.717, 1.165) is 0 Å². The van der Waals surface area contributed by atoms with Crippen LogP contribution in [0, 0.1) is 29.1 Å². The summed E-state index contributed by atoms with van der Waals surface area (Å²) in [6.45, 7) is 15.4. The van der Waals surface area contributed by atoms with Crippen molar-refractivity contribution in [2.24, 2.45) is 35.1 Å². The minimum Gasteiger partial charge on any atom is -0.480 e. The van der Waals surface area contributed by atoms with Crippen molar-refractivity contribution in [1.82, 2.24) is 52.3 Å². The molecular formula is C56H93N13O13. The molecule has 2 aliphatic heterocycles. The largest absolute Gasteiger partial charge is 0.480 e. The molecule has 3 rings (SSSR count). The Morgan fingerprint density at radius 2 is 1.09 bits per heavy atom. The summed E-state index contributed by atoms with van der Waals surface area (Å²) in [6, 6.07) is -3.90. The Kier molecular flexibility index (Phi) is 28.6. The van der Waals surface area contributed by atoms with Crippen molar-refractivity contribution in [3.8, 4) is 0 Å². The summed E-state index contributed by atoms with van der Waals surface area (Å²) in [5.41, 5.74) is 12.3. The number of hydrogen-bond donors (Lipinski definition) is 14. The maximum atomic E-state index is 14.5. The molecule has 0 aliphatic carbocycles. The van der Waals surface area contributed by atoms with E-state index in [1.54, 1.807) is 51.1 Å². The molecular weight excluding hydrogens is 1060 g/mol. The second-order valence-corrected chi connectivity index (χ2v) is 22.3. The van der Waals surface area contributed by atoms with Crippen LogP contribution in [-0.2, 0) is 54.4 Å². The number of carbonyl (C=O) groups excluding carboxylic acids is 9. The topological polar surface area (TPSA) is 410 Å². The zero-order valence-electron chi connectivity index (χ0n) is 49.1. The minimum atomic E-state index is -1.69. The Morgan fingerprint density at radius 1 is 0.622 bits per heavy atom. The number of likely N-dealkylation sites (tertiary alicyclic amines) is 2. The number of nitrogens with zero attached hydrogens (tertiary/aromatic N) is 2. The highest BCUT2D eigenvalue weighted by Crippen LogP contribution is 2.24. The van der Waals surface area contributed by atoms with Crippen molar-refractivity contribution in [3.63, 3.8) is 0 Å². The molecule has 0 aromatic heterocycles. The molecule has 2 heterocycles. The lowest BCUT2D eigenvalue weighted by molar-refractivity contribution is -0.146. The summed E-state index contributed by atoms with van der Waals surface area (Å²) < 4.78 is 0. The van der Waals surface area contributed by atoms with Gasteiger partial charge in [0.25, 0.3) is 0 Å². The van der Waals surface area contributed by atoms with Gasteiger partial charge in [-0.1, -0.05) is 105 Å². The molecule has 0 saturated carbocycles. The Bertz CT molecular complexity index is 2340. The van der Waals surface area contributed by atoms with E-state index < -0.39 is 138 Å². The number of nitrogens with one attached hydrogen (secondary N) is 9. The second-order valence-electron chi connectivity index (χ2n) is 22.3. The first-order valence-corrected chi connectivity index (χ1v) is 28.8. The van der Waals surface area contributed by atoms with Crippen LogP contribution in [-0.4, -0.2) is 183 Å². The van der Waals surface area contributed by atoms with Crippen molar-refractivity contribution >= 4 is 65.1 Å². The third-order valence-electron chi connectivity index (χ3n) is 15.5. The molecule has 26 nitrogen and oxygen atoms in total. The number of aliphatic hydroxyl groups is 2. The molecule has 82 heavy (non-hydrogen) atoms. The van der Waals surface area contributed by atoms with Crippen LogP contribution < -0.4 is 54.0 Å². The summed E-state index contributed by atoms with van der Waals surface area (Å²) in [7, 11) is 0. The maximum absolute atomic E-state index is 14.5. The summed E-state index contributed by atoms with van der Waals surface area (Å²) in [4.78, 5) is 141. The third-order valence-corrected chi connectivity index (χ3v) is 15.5. The van der Waals surface area contributed by atoms with Crippen LogP contribution in [0.25, 0.3) is 0 Å². The average Bonchev–Trinajstić information content (AvgIpc) is 4.28. The van der Waals surface area contributed by atoms with Gasteiger partial charge < -0.3 is 79.1 Å². The number of aliphatic carboxylic acids is 1. The fraction of sp³-hybridized carbons (Fsp3) is 0.696. The van der Waals surface area contributed by atoms with Crippen LogP contribution in [0.5, 0.6) is 0 Å². The number of hydrogen-bond acceptors (Lipinski definition) is 14. The zero-order valence-corrected chi connectivity index (χ0v) is 49.1. The van der Waals surface area contributed by atoms with Gasteiger partial charge in [0.2, 0.25) is 53.2 Å². The van der Waals surface area contributed by atoms with Gasteiger partial charge in [-0.15, -0.1) is 0 Å². The molecule has 2 fully saturated rings. The van der Waals surface area contributed by atoms with Crippen LogP contribution in [0.1, 0.15) is 132 Å². The molecule has 26 heteroatoms. The lowest BCUT2D eigenvalue weighted by atomic mass is 9.94. The van der Waals surface area contributed by atoms with Crippen LogP contribution in [0.15, 0.2) is 30.3 Å². The molecule has 0 bridgehead atoms. The van der Waals surface area contributed by atoms with Crippen LogP contribution in [0.4, 0.5) is 0 Å². The standard InChI is InChI=1S/C56H93N13O13/c1-10-31(6)42(57)53(79)68-25-17-22-40(68)50(76)67-45(34(9)71)54(80)69-26-18-23-41(69)49(75)66-44(33(8)12-3)52(78)62-37(27-30(4)5)48(74)65-43(32(7)11-2)51(77)63-38(28-35-19-14-13-15-20-35)47(73)61-36(21-16-24-60-56(58)59)46(72)64-39(29-70)55(81)82/h13-15,19-20,30-34,36-45,70-71H,10-12,16-18,21-29,57H2,1-9H3,(H,61,73)(H,62,78)(H,63,77)(H,64,72)(H,65,74)(H,66,75)(H,67,76)(H,81,82)(H4,58,59,60)/t31-,32-,33-,34+,36-,37-,38-,39-,40-,41-,42-,43-,44-,45-/m0/s1. The number of nitrogens with two attached hydrogens (primary N) is 2. The van der Waals surface area contributed by atoms with Crippen molar-refractivity contribution in [2.45, 2.75) is 199 Å². The smallest absolute Gasteiger partial charge is 0.328 e. The number of carboxylic acid groups (broad SMARTS) is 1. The third kappa shape index (κ3) is 20.5. The lowest BCUT2D eigenvalue weighted by Gasteiger charge is -2.33. The molecule has 9 amide bonds. The molecule has 14 atom stereocenters. The molecule has 0 radical (unpaired) electrons. The van der Waals surface area contributed by atoms with Crippen molar-refractivity contribution < 1.29 is 63.3 Å². The van der Waals surface area contributed by atoms with E-state index in [0.29, 0.717) is 50.6 Å². The van der Waals surface area contributed by atoms with Crippen molar-refractivity contribution in [2.75, 3.05) is 26.2 Å². The Labute approximate surface area is 481 Å². The van der Waals surface area contributed by atoms with Gasteiger partial charge in [-0.05, 0) is 81.1 Å². The fourth-order valence-corrected chi connectivity index (χ4v) is 9.83. The van der Waals surface area contributed by atoms with Crippen molar-refractivity contribution in [1.29, 1.82) is 5.41 Å². The maximum Gasteiger partial charge on any atom is 0.328 e. The summed E-state index contributed by atoms with van der Waals surface area (Å²) in [5, 5.41) is 58.7. The Hall–Kier alpha value is -6.93. The number of amides is 9. The van der Waals surface area contributed by atoms with Gasteiger partial charge in [0.15, 0.2) is 5.96 Å². The molecule has 1 aromatic carbocycles. The molecule has 16 N–H and O–H groups in total. The second kappa shape index (κ2) is 33.9. The Morgan fingerprint density at radius 3 is 1.57 bits per heavy atom. The lowest BCUT2D eigenvalue weighted by Crippen LogP contribution is -2.62. The minimum absolute atomic E-state index is 0.0809. The highest BCUT2D eigenvalue weighted by molar-refractivity contribution is 5.99. The fourth-order valence-electron chi connectivity index (χ4n) is 9.83. The summed E-state index contributed by atoms with van der Waals surface area (Å²) >= 11 is 0. The first-order chi connectivity index (χ1) is 38.7. The van der Waals surface area contributed by atoms with Gasteiger partial charge in [0.1, 0.15) is 54.4 Å². The quantitative estimate of drug-likeness (QED) is 0.0224. The Balaban J connectivity index is 1.86. The zero-order chi connectivity index (χ0) is 61.5.